The third kappa shape index (κ3) is 2.10. The first kappa shape index (κ1) is 13.2. The van der Waals surface area contributed by atoms with Crippen LogP contribution in [-0.2, 0) is 0 Å². The minimum absolute atomic E-state index is 0.383. The van der Waals surface area contributed by atoms with Crippen LogP contribution >= 0.6 is 0 Å². The van der Waals surface area contributed by atoms with Gasteiger partial charge in [-0.3, -0.25) is 0 Å². The monoisotopic (exact) mass is 259 g/mol. The molecule has 0 amide bonds. The van der Waals surface area contributed by atoms with Gasteiger partial charge in [0.1, 0.15) is 5.75 Å². The zero-order valence-electron chi connectivity index (χ0n) is 11.5. The molecule has 0 atom stereocenters. The number of hydrogen-bond acceptors (Lipinski definition) is 2. The van der Waals surface area contributed by atoms with Gasteiger partial charge < -0.3 is 14.4 Å². The second-order valence-electron chi connectivity index (χ2n) is 4.51. The normalized spacial score (nSPS) is 10.5. The summed E-state index contributed by atoms with van der Waals surface area (Å²) in [7, 11) is 1.62. The molecule has 0 aliphatic rings. The summed E-state index contributed by atoms with van der Waals surface area (Å²) in [4.78, 5) is 11.3. The van der Waals surface area contributed by atoms with Gasteiger partial charge in [0, 0.05) is 17.1 Å². The average molecular weight is 259 g/mol. The SMILES string of the molecule is COc1ccc(-n2c(C)c(C)c(C(=O)O)c2C)cc1. The van der Waals surface area contributed by atoms with Gasteiger partial charge in [-0.05, 0) is 50.6 Å². The van der Waals surface area contributed by atoms with Crippen molar-refractivity contribution in [3.63, 3.8) is 0 Å². The Morgan fingerprint density at radius 2 is 1.68 bits per heavy atom. The highest BCUT2D eigenvalue weighted by atomic mass is 16.5. The van der Waals surface area contributed by atoms with E-state index < -0.39 is 5.97 Å². The van der Waals surface area contributed by atoms with E-state index in [1.807, 2.05) is 49.6 Å². The number of hydrogen-bond donors (Lipinski definition) is 1. The molecule has 0 bridgehead atoms. The summed E-state index contributed by atoms with van der Waals surface area (Å²) in [5, 5.41) is 9.28. The van der Waals surface area contributed by atoms with Crippen LogP contribution in [0.5, 0.6) is 5.75 Å². The van der Waals surface area contributed by atoms with Gasteiger partial charge in [0.15, 0.2) is 0 Å². The topological polar surface area (TPSA) is 51.5 Å². The molecule has 1 N–H and O–H groups in total. The van der Waals surface area contributed by atoms with Crippen molar-refractivity contribution in [1.82, 2.24) is 4.57 Å². The van der Waals surface area contributed by atoms with Gasteiger partial charge >= 0.3 is 5.97 Å². The Kier molecular flexibility index (Phi) is 3.34. The van der Waals surface area contributed by atoms with Gasteiger partial charge in [-0.15, -0.1) is 0 Å². The van der Waals surface area contributed by atoms with E-state index >= 15 is 0 Å². The van der Waals surface area contributed by atoms with Crippen molar-refractivity contribution < 1.29 is 14.6 Å². The van der Waals surface area contributed by atoms with Gasteiger partial charge in [0.05, 0.1) is 12.7 Å². The fourth-order valence-electron chi connectivity index (χ4n) is 2.42. The molecule has 4 nitrogen and oxygen atoms in total. The first-order valence-corrected chi connectivity index (χ1v) is 6.03. The summed E-state index contributed by atoms with van der Waals surface area (Å²) in [5.41, 5.74) is 3.81. The Hall–Kier alpha value is -2.23. The molecule has 0 aliphatic carbocycles. The summed E-state index contributed by atoms with van der Waals surface area (Å²) in [5.74, 6) is -0.105. The Morgan fingerprint density at radius 1 is 1.11 bits per heavy atom. The highest BCUT2D eigenvalue weighted by molar-refractivity contribution is 5.91. The van der Waals surface area contributed by atoms with E-state index in [2.05, 4.69) is 0 Å². The number of carboxylic acid groups (broad SMARTS) is 1. The molecule has 1 aromatic heterocycles. The minimum atomic E-state index is -0.884. The molecule has 0 saturated heterocycles. The lowest BCUT2D eigenvalue weighted by Crippen LogP contribution is -2.02. The van der Waals surface area contributed by atoms with Crippen molar-refractivity contribution in [2.45, 2.75) is 20.8 Å². The van der Waals surface area contributed by atoms with Crippen LogP contribution in [0.25, 0.3) is 5.69 Å². The smallest absolute Gasteiger partial charge is 0.337 e. The predicted octanol–water partition coefficient (Wildman–Crippen LogP) is 3.11. The van der Waals surface area contributed by atoms with Gasteiger partial charge in [-0.1, -0.05) is 0 Å². The third-order valence-electron chi connectivity index (χ3n) is 3.49. The van der Waals surface area contributed by atoms with Crippen molar-refractivity contribution in [2.24, 2.45) is 0 Å². The molecule has 0 fully saturated rings. The molecule has 1 aromatic carbocycles. The van der Waals surface area contributed by atoms with E-state index in [9.17, 15) is 9.90 Å². The maximum atomic E-state index is 11.3. The summed E-state index contributed by atoms with van der Waals surface area (Å²) in [6, 6.07) is 7.57. The number of aromatic carboxylic acids is 1. The van der Waals surface area contributed by atoms with E-state index in [-0.39, 0.29) is 0 Å². The van der Waals surface area contributed by atoms with Crippen LogP contribution in [0.3, 0.4) is 0 Å². The number of carboxylic acids is 1. The van der Waals surface area contributed by atoms with Crippen LogP contribution in [0, 0.1) is 20.8 Å². The van der Waals surface area contributed by atoms with Crippen molar-refractivity contribution in [3.8, 4) is 11.4 Å². The first-order chi connectivity index (χ1) is 8.97. The quantitative estimate of drug-likeness (QED) is 0.921. The number of nitrogens with zero attached hydrogens (tertiary/aromatic N) is 1. The highest BCUT2D eigenvalue weighted by Gasteiger charge is 2.20. The van der Waals surface area contributed by atoms with Crippen LogP contribution in [0.4, 0.5) is 0 Å². The van der Waals surface area contributed by atoms with E-state index in [0.717, 1.165) is 28.4 Å². The fraction of sp³-hybridized carbons (Fsp3) is 0.267. The lowest BCUT2D eigenvalue weighted by Gasteiger charge is -2.10. The standard InChI is InChI=1S/C15H17NO3/c1-9-10(2)16(11(3)14(9)15(17)18)12-5-7-13(19-4)8-6-12/h5-8H,1-4H3,(H,17,18). The molecular formula is C15H17NO3. The Labute approximate surface area is 112 Å². The number of ether oxygens (including phenoxy) is 1. The van der Waals surface area contributed by atoms with Gasteiger partial charge in [0.25, 0.3) is 0 Å². The molecule has 1 heterocycles. The second-order valence-corrected chi connectivity index (χ2v) is 4.51. The van der Waals surface area contributed by atoms with Crippen LogP contribution in [0.1, 0.15) is 27.3 Å². The van der Waals surface area contributed by atoms with Crippen LogP contribution < -0.4 is 4.74 Å². The predicted molar refractivity (Wildman–Crippen MR) is 73.5 cm³/mol. The largest absolute Gasteiger partial charge is 0.497 e. The van der Waals surface area contributed by atoms with Gasteiger partial charge in [-0.2, -0.15) is 0 Å². The van der Waals surface area contributed by atoms with E-state index in [0.29, 0.717) is 5.56 Å². The molecule has 0 saturated carbocycles. The van der Waals surface area contributed by atoms with Crippen molar-refractivity contribution in [1.29, 1.82) is 0 Å². The molecule has 2 aromatic rings. The highest BCUT2D eigenvalue weighted by Crippen LogP contribution is 2.26. The lowest BCUT2D eigenvalue weighted by atomic mass is 10.1. The molecular weight excluding hydrogens is 242 g/mol. The summed E-state index contributed by atoms with van der Waals surface area (Å²) >= 11 is 0. The maximum Gasteiger partial charge on any atom is 0.337 e. The van der Waals surface area contributed by atoms with E-state index in [1.165, 1.54) is 0 Å². The number of carbonyl (C=O) groups is 1. The number of methoxy groups -OCH3 is 1. The van der Waals surface area contributed by atoms with Gasteiger partial charge in [-0.25, -0.2) is 4.79 Å². The third-order valence-corrected chi connectivity index (χ3v) is 3.49. The lowest BCUT2D eigenvalue weighted by molar-refractivity contribution is 0.0695. The van der Waals surface area contributed by atoms with Crippen molar-refractivity contribution in [2.75, 3.05) is 7.11 Å². The molecule has 0 aliphatic heterocycles. The summed E-state index contributed by atoms with van der Waals surface area (Å²) in [6.07, 6.45) is 0. The second kappa shape index (κ2) is 4.80. The van der Waals surface area contributed by atoms with Crippen LogP contribution in [0.2, 0.25) is 0 Å². The zero-order chi connectivity index (χ0) is 14.2. The first-order valence-electron chi connectivity index (χ1n) is 6.03. The summed E-state index contributed by atoms with van der Waals surface area (Å²) < 4.78 is 7.09. The Balaban J connectivity index is 2.62. The molecule has 4 heteroatoms. The minimum Gasteiger partial charge on any atom is -0.497 e. The molecule has 100 valence electrons. The van der Waals surface area contributed by atoms with Crippen molar-refractivity contribution in [3.05, 3.63) is 46.8 Å². The van der Waals surface area contributed by atoms with E-state index in [1.54, 1.807) is 7.11 Å². The van der Waals surface area contributed by atoms with Crippen LogP contribution in [-0.4, -0.2) is 22.8 Å². The Morgan fingerprint density at radius 3 is 2.11 bits per heavy atom. The number of rotatable bonds is 3. The fourth-order valence-corrected chi connectivity index (χ4v) is 2.42. The molecule has 2 rings (SSSR count). The zero-order valence-corrected chi connectivity index (χ0v) is 11.5. The molecule has 0 radical (unpaired) electrons. The summed E-state index contributed by atoms with van der Waals surface area (Å²) in [6.45, 7) is 5.60. The number of benzene rings is 1. The average Bonchev–Trinajstić information content (AvgIpc) is 2.60. The molecule has 19 heavy (non-hydrogen) atoms. The Bertz CT molecular complexity index is 624. The van der Waals surface area contributed by atoms with E-state index in [4.69, 9.17) is 4.74 Å². The van der Waals surface area contributed by atoms with Crippen LogP contribution in [0.15, 0.2) is 24.3 Å². The maximum absolute atomic E-state index is 11.3. The molecule has 0 unspecified atom stereocenters. The molecule has 0 spiro atoms. The number of aromatic nitrogens is 1. The van der Waals surface area contributed by atoms with Gasteiger partial charge in [0.2, 0.25) is 0 Å². The van der Waals surface area contributed by atoms with Crippen molar-refractivity contribution >= 4 is 5.97 Å².